The predicted molar refractivity (Wildman–Crippen MR) is 65.8 cm³/mol. The summed E-state index contributed by atoms with van der Waals surface area (Å²) in [5, 5.41) is 8.96. The monoisotopic (exact) mass is 247 g/mol. The van der Waals surface area contributed by atoms with Crippen molar-refractivity contribution in [2.75, 3.05) is 6.61 Å². The molecule has 0 saturated heterocycles. The molecule has 0 aliphatic carbocycles. The molecule has 0 fully saturated rings. The molecule has 18 heavy (non-hydrogen) atoms. The molecule has 0 atom stereocenters. The number of aliphatic hydroxyl groups excluding tert-OH is 1. The first-order valence-electron chi connectivity index (χ1n) is 5.70. The van der Waals surface area contributed by atoms with Crippen LogP contribution in [0.3, 0.4) is 0 Å². The molecule has 1 aromatic heterocycles. The molecule has 1 aromatic carbocycles. The minimum Gasteiger partial charge on any atom is -0.493 e. The Morgan fingerprint density at radius 1 is 1.22 bits per heavy atom. The fourth-order valence-corrected chi connectivity index (χ4v) is 1.63. The van der Waals surface area contributed by atoms with E-state index < -0.39 is 5.82 Å². The fraction of sp³-hybridized carbons (Fsp3) is 0.214. The molecule has 0 amide bonds. The van der Waals surface area contributed by atoms with Crippen LogP contribution in [0.4, 0.5) is 4.39 Å². The minimum absolute atomic E-state index is 0.198. The largest absolute Gasteiger partial charge is 0.493 e. The van der Waals surface area contributed by atoms with Crippen molar-refractivity contribution in [1.29, 1.82) is 0 Å². The number of hydrogen-bond acceptors (Lipinski definition) is 3. The van der Waals surface area contributed by atoms with E-state index in [-0.39, 0.29) is 6.61 Å². The summed E-state index contributed by atoms with van der Waals surface area (Å²) in [4.78, 5) is 4.00. The molecule has 1 N–H and O–H groups in total. The van der Waals surface area contributed by atoms with E-state index in [0.29, 0.717) is 24.3 Å². The van der Waals surface area contributed by atoms with Crippen molar-refractivity contribution < 1.29 is 14.2 Å². The molecule has 0 radical (unpaired) electrons. The average Bonchev–Trinajstić information content (AvgIpc) is 2.39. The molecule has 0 saturated carbocycles. The van der Waals surface area contributed by atoms with Crippen molar-refractivity contribution in [1.82, 2.24) is 4.98 Å². The summed E-state index contributed by atoms with van der Waals surface area (Å²) in [5.41, 5.74) is 1.57. The van der Waals surface area contributed by atoms with Gasteiger partial charge < -0.3 is 9.84 Å². The van der Waals surface area contributed by atoms with Crippen LogP contribution in [0.1, 0.15) is 11.1 Å². The summed E-state index contributed by atoms with van der Waals surface area (Å²) in [5.74, 6) is 0.0286. The summed E-state index contributed by atoms with van der Waals surface area (Å²) in [6, 6.07) is 8.05. The Labute approximate surface area is 105 Å². The van der Waals surface area contributed by atoms with Crippen LogP contribution in [-0.4, -0.2) is 16.7 Å². The Kier molecular flexibility index (Phi) is 4.25. The number of aromatic nitrogens is 1. The highest BCUT2D eigenvalue weighted by molar-refractivity contribution is 5.29. The highest BCUT2D eigenvalue weighted by atomic mass is 19.1. The van der Waals surface area contributed by atoms with Crippen molar-refractivity contribution >= 4 is 0 Å². The predicted octanol–water partition coefficient (Wildman–Crippen LogP) is 2.33. The molecule has 0 bridgehead atoms. The maximum atomic E-state index is 13.2. The molecular formula is C14H14FNO2. The van der Waals surface area contributed by atoms with E-state index in [0.717, 1.165) is 5.56 Å². The first-order valence-corrected chi connectivity index (χ1v) is 5.70. The smallest absolute Gasteiger partial charge is 0.127 e. The number of hydrogen-bond donors (Lipinski definition) is 1. The van der Waals surface area contributed by atoms with Crippen LogP contribution < -0.4 is 4.74 Å². The van der Waals surface area contributed by atoms with Gasteiger partial charge in [0.2, 0.25) is 0 Å². The number of pyridine rings is 1. The third-order valence-electron chi connectivity index (χ3n) is 2.50. The number of nitrogens with zero attached hydrogens (tertiary/aromatic N) is 1. The average molecular weight is 247 g/mol. The van der Waals surface area contributed by atoms with E-state index in [1.165, 1.54) is 12.1 Å². The minimum atomic E-state index is -0.405. The quantitative estimate of drug-likeness (QED) is 0.881. The zero-order chi connectivity index (χ0) is 12.8. The van der Waals surface area contributed by atoms with Crippen LogP contribution in [-0.2, 0) is 13.0 Å². The lowest BCUT2D eigenvalue weighted by atomic mass is 10.2. The van der Waals surface area contributed by atoms with Crippen LogP contribution in [0, 0.1) is 5.82 Å². The van der Waals surface area contributed by atoms with Crippen molar-refractivity contribution in [3.8, 4) is 5.75 Å². The van der Waals surface area contributed by atoms with Crippen LogP contribution in [0.5, 0.6) is 5.75 Å². The molecule has 3 nitrogen and oxygen atoms in total. The third kappa shape index (κ3) is 3.53. The Morgan fingerprint density at radius 3 is 2.83 bits per heavy atom. The Bertz CT molecular complexity index is 502. The summed E-state index contributed by atoms with van der Waals surface area (Å²) >= 11 is 0. The molecule has 1 heterocycles. The zero-order valence-electron chi connectivity index (χ0n) is 9.84. The summed E-state index contributed by atoms with van der Waals surface area (Å²) < 4.78 is 18.6. The van der Waals surface area contributed by atoms with Gasteiger partial charge in [0.15, 0.2) is 0 Å². The van der Waals surface area contributed by atoms with E-state index in [1.807, 2.05) is 12.1 Å². The van der Waals surface area contributed by atoms with Gasteiger partial charge in [0.1, 0.15) is 11.6 Å². The third-order valence-corrected chi connectivity index (χ3v) is 2.50. The van der Waals surface area contributed by atoms with Crippen LogP contribution in [0.25, 0.3) is 0 Å². The maximum absolute atomic E-state index is 13.2. The van der Waals surface area contributed by atoms with Gasteiger partial charge in [-0.15, -0.1) is 0 Å². The van der Waals surface area contributed by atoms with E-state index in [1.54, 1.807) is 18.5 Å². The summed E-state index contributed by atoms with van der Waals surface area (Å²) in [6.45, 7) is 0.247. The summed E-state index contributed by atoms with van der Waals surface area (Å²) in [7, 11) is 0. The van der Waals surface area contributed by atoms with E-state index >= 15 is 0 Å². The number of aliphatic hydroxyl groups is 1. The van der Waals surface area contributed by atoms with E-state index in [9.17, 15) is 4.39 Å². The van der Waals surface area contributed by atoms with Gasteiger partial charge in [-0.3, -0.25) is 4.98 Å². The highest BCUT2D eigenvalue weighted by Gasteiger charge is 2.01. The van der Waals surface area contributed by atoms with Crippen LogP contribution in [0.15, 0.2) is 42.7 Å². The highest BCUT2D eigenvalue weighted by Crippen LogP contribution is 2.16. The van der Waals surface area contributed by atoms with E-state index in [2.05, 4.69) is 4.98 Å². The SMILES string of the molecule is OCc1cc(F)cc(OCCc2cccnc2)c1. The Morgan fingerprint density at radius 2 is 2.11 bits per heavy atom. The van der Waals surface area contributed by atoms with Gasteiger partial charge >= 0.3 is 0 Å². The van der Waals surface area contributed by atoms with Crippen LogP contribution >= 0.6 is 0 Å². The standard InChI is InChI=1S/C14H14FNO2/c15-13-6-12(10-17)7-14(8-13)18-5-3-11-2-1-4-16-9-11/h1-2,4,6-9,17H,3,5,10H2. The Balaban J connectivity index is 1.92. The number of rotatable bonds is 5. The molecule has 0 aliphatic heterocycles. The number of halogens is 1. The molecule has 0 unspecified atom stereocenters. The lowest BCUT2D eigenvalue weighted by molar-refractivity contribution is 0.278. The normalized spacial score (nSPS) is 10.3. The lowest BCUT2D eigenvalue weighted by Gasteiger charge is -2.07. The number of ether oxygens (including phenoxy) is 1. The molecule has 94 valence electrons. The number of benzene rings is 1. The summed E-state index contributed by atoms with van der Waals surface area (Å²) in [6.07, 6.45) is 4.19. The van der Waals surface area contributed by atoms with Crippen molar-refractivity contribution in [3.05, 3.63) is 59.7 Å². The van der Waals surface area contributed by atoms with Crippen LogP contribution in [0.2, 0.25) is 0 Å². The lowest BCUT2D eigenvalue weighted by Crippen LogP contribution is -2.02. The second-order valence-electron chi connectivity index (χ2n) is 3.91. The Hall–Kier alpha value is -1.94. The second kappa shape index (κ2) is 6.12. The first-order chi connectivity index (χ1) is 8.78. The molecular weight excluding hydrogens is 233 g/mol. The van der Waals surface area contributed by atoms with Crippen molar-refractivity contribution in [3.63, 3.8) is 0 Å². The van der Waals surface area contributed by atoms with Gasteiger partial charge in [-0.2, -0.15) is 0 Å². The van der Waals surface area contributed by atoms with Gasteiger partial charge in [-0.05, 0) is 29.3 Å². The van der Waals surface area contributed by atoms with Crippen molar-refractivity contribution in [2.45, 2.75) is 13.0 Å². The van der Waals surface area contributed by atoms with Gasteiger partial charge in [-0.25, -0.2) is 4.39 Å². The van der Waals surface area contributed by atoms with Gasteiger partial charge in [-0.1, -0.05) is 6.07 Å². The molecule has 2 aromatic rings. The molecule has 0 spiro atoms. The second-order valence-corrected chi connectivity index (χ2v) is 3.91. The van der Waals surface area contributed by atoms with Gasteiger partial charge in [0.05, 0.1) is 13.2 Å². The molecule has 2 rings (SSSR count). The van der Waals surface area contributed by atoms with Gasteiger partial charge in [0.25, 0.3) is 0 Å². The topological polar surface area (TPSA) is 42.4 Å². The molecule has 0 aliphatic rings. The van der Waals surface area contributed by atoms with Gasteiger partial charge in [0, 0.05) is 24.9 Å². The maximum Gasteiger partial charge on any atom is 0.127 e. The zero-order valence-corrected chi connectivity index (χ0v) is 9.84. The van der Waals surface area contributed by atoms with E-state index in [4.69, 9.17) is 9.84 Å². The fourth-order valence-electron chi connectivity index (χ4n) is 1.63. The van der Waals surface area contributed by atoms with Crippen molar-refractivity contribution in [2.24, 2.45) is 0 Å². The first kappa shape index (κ1) is 12.5. The molecule has 4 heteroatoms.